The minimum atomic E-state index is -3.33. The fourth-order valence-electron chi connectivity index (χ4n) is 7.59. The number of anilines is 1. The molecule has 248 valence electrons. The molecule has 3 atom stereocenters. The summed E-state index contributed by atoms with van der Waals surface area (Å²) >= 11 is 12.9. The number of carbonyl (C=O) groups is 3. The Morgan fingerprint density at radius 1 is 1.04 bits per heavy atom. The van der Waals surface area contributed by atoms with Gasteiger partial charge in [-0.15, -0.1) is 0 Å². The van der Waals surface area contributed by atoms with Gasteiger partial charge >= 0.3 is 0 Å². The van der Waals surface area contributed by atoms with E-state index in [4.69, 9.17) is 23.2 Å². The van der Waals surface area contributed by atoms with Crippen LogP contribution in [0.25, 0.3) is 0 Å². The number of sulfonamides is 1. The first kappa shape index (κ1) is 33.4. The molecular weight excluding hydrogens is 666 g/mol. The zero-order valence-electron chi connectivity index (χ0n) is 25.9. The first-order valence-electron chi connectivity index (χ1n) is 15.5. The lowest BCUT2D eigenvalue weighted by Gasteiger charge is -2.52. The maximum Gasteiger partial charge on any atom is 0.238 e. The Morgan fingerprint density at radius 2 is 1.77 bits per heavy atom. The highest BCUT2D eigenvalue weighted by Gasteiger charge is 2.63. The van der Waals surface area contributed by atoms with Crippen LogP contribution in [0.3, 0.4) is 0 Å². The predicted molar refractivity (Wildman–Crippen MR) is 178 cm³/mol. The lowest BCUT2D eigenvalue weighted by Crippen LogP contribution is -2.59. The molecule has 0 aromatic heterocycles. The van der Waals surface area contributed by atoms with Gasteiger partial charge in [-0.3, -0.25) is 14.4 Å². The van der Waals surface area contributed by atoms with E-state index in [0.29, 0.717) is 45.3 Å². The van der Waals surface area contributed by atoms with Crippen LogP contribution in [-0.4, -0.2) is 67.8 Å². The summed E-state index contributed by atoms with van der Waals surface area (Å²) in [7, 11) is -3.33. The molecule has 3 aliphatic heterocycles. The van der Waals surface area contributed by atoms with Gasteiger partial charge in [0.05, 0.1) is 12.3 Å². The van der Waals surface area contributed by atoms with Crippen molar-refractivity contribution in [1.29, 1.82) is 0 Å². The fourth-order valence-corrected chi connectivity index (χ4v) is 8.83. The number of nitrogens with zero attached hydrogens (tertiary/aromatic N) is 2. The van der Waals surface area contributed by atoms with Crippen LogP contribution < -0.4 is 10.6 Å². The normalized spacial score (nSPS) is 23.6. The summed E-state index contributed by atoms with van der Waals surface area (Å²) in [6.07, 6.45) is 1.85. The molecule has 3 aliphatic rings. The molecule has 6 rings (SSSR count). The van der Waals surface area contributed by atoms with Crippen molar-refractivity contribution in [3.8, 4) is 0 Å². The molecule has 0 bridgehead atoms. The van der Waals surface area contributed by atoms with Gasteiger partial charge in [-0.2, -0.15) is 0 Å². The van der Waals surface area contributed by atoms with Crippen LogP contribution in [0.15, 0.2) is 60.7 Å². The summed E-state index contributed by atoms with van der Waals surface area (Å²) in [4.78, 5) is 43.6. The molecule has 3 aromatic rings. The highest BCUT2D eigenvalue weighted by Crippen LogP contribution is 2.60. The van der Waals surface area contributed by atoms with Gasteiger partial charge in [0.25, 0.3) is 0 Å². The van der Waals surface area contributed by atoms with Crippen molar-refractivity contribution in [2.24, 2.45) is 5.92 Å². The van der Waals surface area contributed by atoms with Crippen molar-refractivity contribution in [3.63, 3.8) is 0 Å². The molecule has 0 radical (unpaired) electrons. The topological polar surface area (TPSA) is 116 Å². The fraction of sp³-hybridized carbons (Fsp3) is 0.382. The quantitative estimate of drug-likeness (QED) is 0.353. The van der Waals surface area contributed by atoms with Crippen LogP contribution in [0.1, 0.15) is 53.5 Å². The molecule has 0 aliphatic carbocycles. The molecule has 1 spiro atoms. The van der Waals surface area contributed by atoms with Crippen molar-refractivity contribution in [3.05, 3.63) is 98.8 Å². The van der Waals surface area contributed by atoms with E-state index < -0.39 is 33.2 Å². The van der Waals surface area contributed by atoms with Crippen molar-refractivity contribution < 1.29 is 27.2 Å². The van der Waals surface area contributed by atoms with E-state index in [-0.39, 0.29) is 56.2 Å². The number of hydrogen-bond donors (Lipinski definition) is 2. The van der Waals surface area contributed by atoms with Crippen LogP contribution in [0.4, 0.5) is 10.1 Å². The van der Waals surface area contributed by atoms with Crippen LogP contribution in [0.5, 0.6) is 0 Å². The molecule has 0 saturated carbocycles. The second-order valence-electron chi connectivity index (χ2n) is 12.5. The highest BCUT2D eigenvalue weighted by atomic mass is 35.5. The number of nitrogens with one attached hydrogen (secondary N) is 2. The Labute approximate surface area is 283 Å². The number of likely N-dealkylation sites (tertiary alicyclic amines) is 1. The number of fused-ring (bicyclic) bond motifs is 2. The number of rotatable bonds is 7. The molecule has 13 heteroatoms. The first-order chi connectivity index (χ1) is 22.3. The van der Waals surface area contributed by atoms with Gasteiger partial charge in [-0.05, 0) is 78.4 Å². The number of halogens is 3. The summed E-state index contributed by atoms with van der Waals surface area (Å²) < 4.78 is 40.0. The maximum absolute atomic E-state index is 14.8. The Balaban J connectivity index is 1.39. The minimum Gasteiger partial charge on any atom is -0.354 e. The number of carbonyl (C=O) groups excluding carboxylic acids is 3. The lowest BCUT2D eigenvalue weighted by molar-refractivity contribution is -0.146. The molecule has 2 fully saturated rings. The number of amides is 3. The minimum absolute atomic E-state index is 0.0801. The van der Waals surface area contributed by atoms with Gasteiger partial charge < -0.3 is 15.5 Å². The molecule has 2 saturated heterocycles. The number of piperidine rings is 2. The largest absolute Gasteiger partial charge is 0.354 e. The summed E-state index contributed by atoms with van der Waals surface area (Å²) in [6.45, 7) is 2.54. The first-order valence-corrected chi connectivity index (χ1v) is 18.1. The maximum atomic E-state index is 14.8. The second kappa shape index (κ2) is 12.8. The Bertz CT molecular complexity index is 1870. The number of hydrogen-bond acceptors (Lipinski definition) is 5. The third kappa shape index (κ3) is 6.14. The summed E-state index contributed by atoms with van der Waals surface area (Å²) in [5, 5.41) is 6.79. The molecular formula is C34H35Cl2FN4O5S. The lowest BCUT2D eigenvalue weighted by atomic mass is 9.58. The van der Waals surface area contributed by atoms with Crippen molar-refractivity contribution in [2.45, 2.75) is 43.6 Å². The summed E-state index contributed by atoms with van der Waals surface area (Å²) in [6, 6.07) is 15.7. The third-order valence-corrected chi connectivity index (χ3v) is 11.5. The van der Waals surface area contributed by atoms with Crippen molar-refractivity contribution in [2.75, 3.05) is 37.8 Å². The van der Waals surface area contributed by atoms with Gasteiger partial charge in [0, 0.05) is 60.2 Å². The van der Waals surface area contributed by atoms with E-state index in [0.717, 1.165) is 11.8 Å². The monoisotopic (exact) mass is 700 g/mol. The van der Waals surface area contributed by atoms with Crippen LogP contribution in [0.2, 0.25) is 10.0 Å². The molecule has 9 nitrogen and oxygen atoms in total. The molecule has 1 unspecified atom stereocenters. The molecule has 2 N–H and O–H groups in total. The van der Waals surface area contributed by atoms with E-state index in [9.17, 15) is 27.2 Å². The zero-order valence-corrected chi connectivity index (χ0v) is 28.3. The van der Waals surface area contributed by atoms with E-state index in [1.807, 2.05) is 13.0 Å². The van der Waals surface area contributed by atoms with E-state index >= 15 is 0 Å². The standard InChI is InChI=1S/C34H35Cl2FN4O5S/c1-20-6-8-25(37)18-26(20)28-19-30(42)41(15-12-38-32(43)21-10-13-40(14-11-21)47(2,45)46)31(22-4-3-5-23(35)16-22)34(28)27-9-7-24(36)17-29(27)39-33(34)44/h3-9,16-18,21,28,31H,10-15,19H2,1-2H3,(H,38,43)(H,39,44)/t28?,31-,34+/m0/s1. The van der Waals surface area contributed by atoms with Gasteiger partial charge in [0.2, 0.25) is 27.7 Å². The van der Waals surface area contributed by atoms with Gasteiger partial charge in [-0.25, -0.2) is 17.1 Å². The van der Waals surface area contributed by atoms with Crippen molar-refractivity contribution in [1.82, 2.24) is 14.5 Å². The Hall–Kier alpha value is -3.51. The SMILES string of the molecule is Cc1ccc(F)cc1C1CC(=O)N(CCNC(=O)C2CCN(S(C)(=O)=O)CC2)[C@@H](c2cccc(Cl)c2)[C@]12C(=O)Nc1cc(Cl)ccc12. The molecule has 3 amide bonds. The van der Waals surface area contributed by atoms with Crippen LogP contribution in [0, 0.1) is 18.7 Å². The Morgan fingerprint density at radius 3 is 2.47 bits per heavy atom. The van der Waals surface area contributed by atoms with Gasteiger partial charge in [-0.1, -0.05) is 47.5 Å². The zero-order chi connectivity index (χ0) is 33.7. The Kier molecular flexibility index (Phi) is 9.12. The van der Waals surface area contributed by atoms with Crippen molar-refractivity contribution >= 4 is 56.6 Å². The molecule has 3 aromatic carbocycles. The average Bonchev–Trinajstić information content (AvgIpc) is 3.30. The number of benzene rings is 3. The van der Waals surface area contributed by atoms with E-state index in [1.54, 1.807) is 47.4 Å². The molecule has 3 heterocycles. The number of aryl methyl sites for hydroxylation is 1. The summed E-state index contributed by atoms with van der Waals surface area (Å²) in [5.41, 5.74) is 1.64. The smallest absolute Gasteiger partial charge is 0.238 e. The third-order valence-electron chi connectivity index (χ3n) is 9.77. The highest BCUT2D eigenvalue weighted by molar-refractivity contribution is 7.88. The van der Waals surface area contributed by atoms with Crippen LogP contribution in [-0.2, 0) is 29.8 Å². The van der Waals surface area contributed by atoms with E-state index in [1.165, 1.54) is 16.4 Å². The summed E-state index contributed by atoms with van der Waals surface area (Å²) in [5.74, 6) is -2.42. The van der Waals surface area contributed by atoms with Gasteiger partial charge in [0.15, 0.2) is 0 Å². The molecule has 47 heavy (non-hydrogen) atoms. The second-order valence-corrected chi connectivity index (χ2v) is 15.4. The van der Waals surface area contributed by atoms with Crippen LogP contribution >= 0.6 is 23.2 Å². The average molecular weight is 702 g/mol. The van der Waals surface area contributed by atoms with Gasteiger partial charge in [0.1, 0.15) is 11.2 Å². The van der Waals surface area contributed by atoms with E-state index in [2.05, 4.69) is 10.6 Å². The predicted octanol–water partition coefficient (Wildman–Crippen LogP) is 5.18.